The fourth-order valence-electron chi connectivity index (χ4n) is 4.28. The van der Waals surface area contributed by atoms with Gasteiger partial charge in [-0.05, 0) is 36.2 Å². The Bertz CT molecular complexity index is 963. The zero-order chi connectivity index (χ0) is 20.2. The lowest BCUT2D eigenvalue weighted by molar-refractivity contribution is -0.141. The van der Waals surface area contributed by atoms with Crippen LogP contribution >= 0.6 is 0 Å². The van der Waals surface area contributed by atoms with Crippen LogP contribution in [0.15, 0.2) is 24.3 Å². The summed E-state index contributed by atoms with van der Waals surface area (Å²) >= 11 is 0. The molecule has 4 rings (SSSR count). The number of hydrogen-bond donors (Lipinski definition) is 3. The maximum absolute atomic E-state index is 13.5. The van der Waals surface area contributed by atoms with Crippen LogP contribution in [0.25, 0.3) is 16.5 Å². The molecule has 0 saturated heterocycles. The lowest BCUT2D eigenvalue weighted by Gasteiger charge is -2.40. The van der Waals surface area contributed by atoms with Crippen molar-refractivity contribution < 1.29 is 23.1 Å². The summed E-state index contributed by atoms with van der Waals surface area (Å²) < 4.78 is 40.6. The van der Waals surface area contributed by atoms with Gasteiger partial charge in [0.15, 0.2) is 0 Å². The van der Waals surface area contributed by atoms with Crippen LogP contribution in [-0.2, 0) is 17.4 Å². The smallest absolute Gasteiger partial charge is 0.396 e. The Morgan fingerprint density at radius 1 is 1.43 bits per heavy atom. The highest BCUT2D eigenvalue weighted by atomic mass is 19.4. The topological polar surface area (TPSA) is 68.4 Å². The van der Waals surface area contributed by atoms with E-state index < -0.39 is 17.8 Å². The number of aliphatic hydroxyl groups excluding tert-OH is 1. The summed E-state index contributed by atoms with van der Waals surface area (Å²) in [5.41, 5.74) is 1.82. The molecule has 2 heterocycles. The quantitative estimate of drug-likeness (QED) is 0.751. The normalized spacial score (nSPS) is 23.3. The Kier molecular flexibility index (Phi) is 4.50. The minimum Gasteiger partial charge on any atom is -0.396 e. The largest absolute Gasteiger partial charge is 0.431 e. The Hall–Kier alpha value is -2.32. The predicted molar refractivity (Wildman–Crippen MR) is 99.6 cm³/mol. The Morgan fingerprint density at radius 3 is 2.86 bits per heavy atom. The number of hydrogen-bond acceptors (Lipinski definition) is 3. The van der Waals surface area contributed by atoms with Crippen molar-refractivity contribution in [2.45, 2.75) is 31.6 Å². The number of amides is 1. The average molecular weight is 393 g/mol. The van der Waals surface area contributed by atoms with Crippen LogP contribution in [-0.4, -0.2) is 53.2 Å². The summed E-state index contributed by atoms with van der Waals surface area (Å²) in [6.07, 6.45) is -2.22. The van der Waals surface area contributed by atoms with E-state index in [0.29, 0.717) is 23.0 Å². The molecule has 1 aromatic carbocycles. The van der Waals surface area contributed by atoms with E-state index in [1.165, 1.54) is 0 Å². The van der Waals surface area contributed by atoms with E-state index >= 15 is 0 Å². The number of aromatic nitrogens is 1. The monoisotopic (exact) mass is 393 g/mol. The summed E-state index contributed by atoms with van der Waals surface area (Å²) in [4.78, 5) is 16.7. The fraction of sp³-hybridized carbons (Fsp3) is 0.450. The summed E-state index contributed by atoms with van der Waals surface area (Å²) in [6.45, 7) is 1.90. The van der Waals surface area contributed by atoms with Crippen LogP contribution in [0.3, 0.4) is 0 Å². The second-order valence-corrected chi connectivity index (χ2v) is 7.68. The SMILES string of the molecule is CC(CO)C(=O)NC1C=C2c3cccc4[nH]c(C(F)(F)F)c(c34)C[C@H]2N(C)C1. The predicted octanol–water partition coefficient (Wildman–Crippen LogP) is 2.55. The van der Waals surface area contributed by atoms with E-state index in [2.05, 4.69) is 10.3 Å². The molecular formula is C20H22F3N3O2. The third-order valence-electron chi connectivity index (χ3n) is 5.73. The van der Waals surface area contributed by atoms with Gasteiger partial charge in [0.25, 0.3) is 0 Å². The van der Waals surface area contributed by atoms with Gasteiger partial charge in [-0.1, -0.05) is 25.1 Å². The fourth-order valence-corrected chi connectivity index (χ4v) is 4.28. The van der Waals surface area contributed by atoms with E-state index in [9.17, 15) is 23.1 Å². The number of carbonyl (C=O) groups is 1. The molecule has 28 heavy (non-hydrogen) atoms. The second kappa shape index (κ2) is 6.63. The molecule has 150 valence electrons. The third-order valence-corrected chi connectivity index (χ3v) is 5.73. The zero-order valence-electron chi connectivity index (χ0n) is 15.6. The lowest BCUT2D eigenvalue weighted by Crippen LogP contribution is -2.51. The van der Waals surface area contributed by atoms with Crippen LogP contribution < -0.4 is 5.32 Å². The van der Waals surface area contributed by atoms with Crippen molar-refractivity contribution in [2.24, 2.45) is 5.92 Å². The van der Waals surface area contributed by atoms with Gasteiger partial charge in [0.05, 0.1) is 18.6 Å². The highest BCUT2D eigenvalue weighted by molar-refractivity contribution is 5.99. The molecule has 1 aliphatic carbocycles. The summed E-state index contributed by atoms with van der Waals surface area (Å²) in [6, 6.07) is 4.80. The van der Waals surface area contributed by atoms with Gasteiger partial charge in [-0.3, -0.25) is 9.69 Å². The Morgan fingerprint density at radius 2 is 2.18 bits per heavy atom. The minimum atomic E-state index is -4.43. The molecule has 2 unspecified atom stereocenters. The first kappa shape index (κ1) is 19.0. The van der Waals surface area contributed by atoms with Gasteiger partial charge in [-0.15, -0.1) is 0 Å². The highest BCUT2D eigenvalue weighted by Crippen LogP contribution is 2.45. The van der Waals surface area contributed by atoms with Crippen molar-refractivity contribution in [1.82, 2.24) is 15.2 Å². The average Bonchev–Trinajstić information content (AvgIpc) is 3.02. The molecule has 3 atom stereocenters. The van der Waals surface area contributed by atoms with Crippen LogP contribution in [0, 0.1) is 5.92 Å². The van der Waals surface area contributed by atoms with Crippen molar-refractivity contribution in [3.63, 3.8) is 0 Å². The van der Waals surface area contributed by atoms with Crippen molar-refractivity contribution in [3.05, 3.63) is 41.1 Å². The molecule has 1 aromatic heterocycles. The first-order chi connectivity index (χ1) is 13.2. The molecule has 1 amide bonds. The number of carbonyl (C=O) groups excluding carboxylic acids is 1. The number of aromatic amines is 1. The van der Waals surface area contributed by atoms with Crippen molar-refractivity contribution in [2.75, 3.05) is 20.2 Å². The molecule has 8 heteroatoms. The zero-order valence-corrected chi connectivity index (χ0v) is 15.6. The molecule has 3 N–H and O–H groups in total. The van der Waals surface area contributed by atoms with Gasteiger partial charge in [0, 0.05) is 23.5 Å². The van der Waals surface area contributed by atoms with E-state index in [-0.39, 0.29) is 31.0 Å². The number of benzene rings is 1. The standard InChI is InChI=1S/C20H22F3N3O2/c1-10(9-27)19(28)24-11-6-13-12-4-3-5-15-17(12)14(7-16(13)26(2)8-11)18(25-15)20(21,22)23/h3-6,10-11,16,25,27H,7-9H2,1-2H3,(H,24,28)/t10?,11?,16-/m1/s1. The highest BCUT2D eigenvalue weighted by Gasteiger charge is 2.41. The molecule has 0 spiro atoms. The molecule has 0 bridgehead atoms. The maximum atomic E-state index is 13.5. The second-order valence-electron chi connectivity index (χ2n) is 7.68. The number of likely N-dealkylation sites (N-methyl/N-ethyl adjacent to an activating group) is 1. The molecule has 1 aliphatic heterocycles. The Labute approximate surface area is 160 Å². The van der Waals surface area contributed by atoms with Crippen LogP contribution in [0.5, 0.6) is 0 Å². The van der Waals surface area contributed by atoms with Gasteiger partial charge < -0.3 is 15.4 Å². The van der Waals surface area contributed by atoms with Gasteiger partial charge >= 0.3 is 6.18 Å². The number of fused-ring (bicyclic) bond motifs is 2. The van der Waals surface area contributed by atoms with Crippen LogP contribution in [0.2, 0.25) is 0 Å². The van der Waals surface area contributed by atoms with Gasteiger partial charge in [-0.25, -0.2) is 0 Å². The van der Waals surface area contributed by atoms with Crippen LogP contribution in [0.4, 0.5) is 13.2 Å². The molecule has 0 fully saturated rings. The number of rotatable bonds is 3. The number of nitrogens with zero attached hydrogens (tertiary/aromatic N) is 1. The molecule has 2 aliphatic rings. The minimum absolute atomic E-state index is 0.182. The first-order valence-electron chi connectivity index (χ1n) is 9.25. The van der Waals surface area contributed by atoms with E-state index in [1.54, 1.807) is 19.1 Å². The molecular weight excluding hydrogens is 371 g/mol. The summed E-state index contributed by atoms with van der Waals surface area (Å²) in [5.74, 6) is -0.756. The number of nitrogens with one attached hydrogen (secondary N) is 2. The van der Waals surface area contributed by atoms with E-state index in [0.717, 1.165) is 11.1 Å². The van der Waals surface area contributed by atoms with Gasteiger partial charge in [0.2, 0.25) is 5.91 Å². The molecule has 2 aromatic rings. The maximum Gasteiger partial charge on any atom is 0.431 e. The van der Waals surface area contributed by atoms with E-state index in [1.807, 2.05) is 24.1 Å². The van der Waals surface area contributed by atoms with Crippen LogP contribution in [0.1, 0.15) is 23.7 Å². The summed E-state index contributed by atoms with van der Waals surface area (Å²) in [7, 11) is 1.86. The number of alkyl halides is 3. The van der Waals surface area contributed by atoms with Crippen molar-refractivity contribution in [1.29, 1.82) is 0 Å². The van der Waals surface area contributed by atoms with E-state index in [4.69, 9.17) is 0 Å². The number of aliphatic hydroxyl groups is 1. The summed E-state index contributed by atoms with van der Waals surface area (Å²) in [5, 5.41) is 12.7. The first-order valence-corrected chi connectivity index (χ1v) is 9.25. The molecule has 5 nitrogen and oxygen atoms in total. The third kappa shape index (κ3) is 3.00. The molecule has 0 saturated carbocycles. The van der Waals surface area contributed by atoms with Crippen molar-refractivity contribution >= 4 is 22.4 Å². The number of H-pyrrole nitrogens is 1. The van der Waals surface area contributed by atoms with Gasteiger partial charge in [-0.2, -0.15) is 13.2 Å². The van der Waals surface area contributed by atoms with Gasteiger partial charge in [0.1, 0.15) is 5.69 Å². The lowest BCUT2D eigenvalue weighted by atomic mass is 9.80. The van der Waals surface area contributed by atoms with Crippen molar-refractivity contribution in [3.8, 4) is 0 Å². The number of halogens is 3. The molecule has 0 radical (unpaired) electrons. The Balaban J connectivity index is 1.79.